The molecule has 0 aromatic heterocycles. The van der Waals surface area contributed by atoms with Crippen molar-refractivity contribution >= 4 is 5.97 Å². The van der Waals surface area contributed by atoms with Gasteiger partial charge in [-0.25, -0.2) is 4.39 Å². The molecule has 2 bridgehead atoms. The Hall–Kier alpha value is -2.64. The van der Waals surface area contributed by atoms with Crippen molar-refractivity contribution in [1.82, 2.24) is 4.90 Å². The molecule has 3 nitrogen and oxygen atoms in total. The second kappa shape index (κ2) is 7.31. The number of hydrogen-bond acceptors (Lipinski definition) is 2. The van der Waals surface area contributed by atoms with Gasteiger partial charge in [-0.05, 0) is 79.0 Å². The molecule has 2 aliphatic carbocycles. The van der Waals surface area contributed by atoms with Crippen molar-refractivity contribution in [3.8, 4) is 11.8 Å². The molecule has 1 aliphatic heterocycles. The Balaban J connectivity index is 1.34. The lowest BCUT2D eigenvalue weighted by molar-refractivity contribution is -0.147. The SMILES string of the molecule is O=C(O)C1[C@@H]2CC[C@H]1CN(C1CCc3cc(C#Cc4cccc(F)c4)ccc31)C2. The van der Waals surface area contributed by atoms with Crippen LogP contribution >= 0.6 is 0 Å². The first-order valence-electron chi connectivity index (χ1n) is 10.5. The molecule has 1 heterocycles. The molecule has 2 aromatic carbocycles. The Labute approximate surface area is 170 Å². The number of carboxylic acid groups (broad SMARTS) is 1. The van der Waals surface area contributed by atoms with Crippen LogP contribution in [-0.4, -0.2) is 29.1 Å². The number of carboxylic acids is 1. The average Bonchev–Trinajstić information content (AvgIpc) is 3.24. The molecule has 2 unspecified atom stereocenters. The van der Waals surface area contributed by atoms with E-state index in [0.29, 0.717) is 23.4 Å². The van der Waals surface area contributed by atoms with Gasteiger partial charge in [0.25, 0.3) is 0 Å². The van der Waals surface area contributed by atoms with Gasteiger partial charge in [0.15, 0.2) is 0 Å². The number of halogens is 1. The van der Waals surface area contributed by atoms with Crippen LogP contribution in [-0.2, 0) is 11.2 Å². The standard InChI is InChI=1S/C25H24FNO2/c26-21-3-1-2-16(13-21)4-5-17-6-10-22-18(12-17)9-11-23(22)27-14-19-7-8-20(15-27)24(19)25(28)29/h1-3,6,10,12-13,19-20,23-24H,7-9,11,14-15H2,(H,28,29)/t19-,20+,23?,24?. The second-order valence-electron chi connectivity index (χ2n) is 8.64. The smallest absolute Gasteiger partial charge is 0.307 e. The first-order valence-corrected chi connectivity index (χ1v) is 10.5. The third kappa shape index (κ3) is 3.45. The molecule has 2 aromatic rings. The van der Waals surface area contributed by atoms with E-state index in [2.05, 4.69) is 34.9 Å². The number of likely N-dealkylation sites (tertiary alicyclic amines) is 1. The molecule has 2 fully saturated rings. The summed E-state index contributed by atoms with van der Waals surface area (Å²) in [5, 5.41) is 9.55. The number of carbonyl (C=O) groups is 1. The summed E-state index contributed by atoms with van der Waals surface area (Å²) in [6.07, 6.45) is 4.22. The maximum atomic E-state index is 13.3. The van der Waals surface area contributed by atoms with Gasteiger partial charge in [0.05, 0.1) is 5.92 Å². The van der Waals surface area contributed by atoms with Crippen LogP contribution in [0, 0.1) is 35.4 Å². The lowest BCUT2D eigenvalue weighted by atomic mass is 9.84. The van der Waals surface area contributed by atoms with Gasteiger partial charge in [-0.3, -0.25) is 9.69 Å². The van der Waals surface area contributed by atoms with Crippen molar-refractivity contribution in [2.75, 3.05) is 13.1 Å². The minimum atomic E-state index is -0.606. The Morgan fingerprint density at radius 2 is 1.72 bits per heavy atom. The maximum absolute atomic E-state index is 13.3. The van der Waals surface area contributed by atoms with Crippen LogP contribution in [0.15, 0.2) is 42.5 Å². The lowest BCUT2D eigenvalue weighted by Gasteiger charge is -2.39. The van der Waals surface area contributed by atoms with Crippen molar-refractivity contribution in [3.05, 3.63) is 70.5 Å². The van der Waals surface area contributed by atoms with Crippen LogP contribution in [0.25, 0.3) is 0 Å². The largest absolute Gasteiger partial charge is 0.481 e. The fourth-order valence-corrected chi connectivity index (χ4v) is 5.68. The molecular weight excluding hydrogens is 365 g/mol. The molecule has 0 amide bonds. The summed E-state index contributed by atoms with van der Waals surface area (Å²) in [4.78, 5) is 14.1. The highest BCUT2D eigenvalue weighted by atomic mass is 19.1. The van der Waals surface area contributed by atoms with E-state index in [1.54, 1.807) is 6.07 Å². The first-order chi connectivity index (χ1) is 14.1. The quantitative estimate of drug-likeness (QED) is 0.781. The number of piperidine rings is 1. The van der Waals surface area contributed by atoms with Crippen molar-refractivity contribution in [2.45, 2.75) is 31.7 Å². The van der Waals surface area contributed by atoms with Crippen molar-refractivity contribution < 1.29 is 14.3 Å². The molecule has 1 N–H and O–H groups in total. The molecule has 0 radical (unpaired) electrons. The number of fused-ring (bicyclic) bond motifs is 3. The maximum Gasteiger partial charge on any atom is 0.307 e. The van der Waals surface area contributed by atoms with E-state index in [9.17, 15) is 14.3 Å². The van der Waals surface area contributed by atoms with E-state index < -0.39 is 5.97 Å². The summed E-state index contributed by atoms with van der Waals surface area (Å²) < 4.78 is 13.3. The summed E-state index contributed by atoms with van der Waals surface area (Å²) >= 11 is 0. The van der Waals surface area contributed by atoms with E-state index in [1.807, 2.05) is 6.07 Å². The highest BCUT2D eigenvalue weighted by Crippen LogP contribution is 2.46. The zero-order chi connectivity index (χ0) is 20.0. The number of hydrogen-bond donors (Lipinski definition) is 1. The van der Waals surface area contributed by atoms with Crippen LogP contribution < -0.4 is 0 Å². The van der Waals surface area contributed by atoms with Gasteiger partial charge < -0.3 is 5.11 Å². The Morgan fingerprint density at radius 3 is 2.41 bits per heavy atom. The van der Waals surface area contributed by atoms with Gasteiger partial charge >= 0.3 is 5.97 Å². The minimum absolute atomic E-state index is 0.146. The minimum Gasteiger partial charge on any atom is -0.481 e. The highest BCUT2D eigenvalue weighted by Gasteiger charge is 2.47. The van der Waals surface area contributed by atoms with Crippen molar-refractivity contribution in [1.29, 1.82) is 0 Å². The highest BCUT2D eigenvalue weighted by molar-refractivity contribution is 5.71. The van der Waals surface area contributed by atoms with Crippen LogP contribution in [0.5, 0.6) is 0 Å². The van der Waals surface area contributed by atoms with Gasteiger partial charge in [-0.2, -0.15) is 0 Å². The van der Waals surface area contributed by atoms with Crippen LogP contribution in [0.2, 0.25) is 0 Å². The first kappa shape index (κ1) is 18.4. The average molecular weight is 389 g/mol. The summed E-state index contributed by atoms with van der Waals surface area (Å²) in [7, 11) is 0. The molecule has 4 heteroatoms. The molecule has 5 rings (SSSR count). The summed E-state index contributed by atoms with van der Waals surface area (Å²) in [5.74, 6) is 5.78. The van der Waals surface area contributed by atoms with Crippen LogP contribution in [0.1, 0.15) is 47.6 Å². The number of rotatable bonds is 2. The predicted molar refractivity (Wildman–Crippen MR) is 109 cm³/mol. The van der Waals surface area contributed by atoms with Crippen molar-refractivity contribution in [3.63, 3.8) is 0 Å². The van der Waals surface area contributed by atoms with Gasteiger partial charge in [0.1, 0.15) is 5.82 Å². The van der Waals surface area contributed by atoms with Gasteiger partial charge in [0, 0.05) is 30.3 Å². The van der Waals surface area contributed by atoms with E-state index in [0.717, 1.165) is 44.3 Å². The molecule has 3 aliphatic rings. The molecule has 0 spiro atoms. The third-order valence-corrected chi connectivity index (χ3v) is 6.95. The fourth-order valence-electron chi connectivity index (χ4n) is 5.68. The summed E-state index contributed by atoms with van der Waals surface area (Å²) in [5.41, 5.74) is 4.35. The predicted octanol–water partition coefficient (Wildman–Crippen LogP) is 4.26. The normalized spacial score (nSPS) is 27.9. The zero-order valence-corrected chi connectivity index (χ0v) is 16.3. The number of aliphatic carboxylic acids is 1. The number of nitrogens with zero attached hydrogens (tertiary/aromatic N) is 1. The monoisotopic (exact) mass is 389 g/mol. The van der Waals surface area contributed by atoms with Crippen LogP contribution in [0.3, 0.4) is 0 Å². The van der Waals surface area contributed by atoms with Crippen LogP contribution in [0.4, 0.5) is 4.39 Å². The summed E-state index contributed by atoms with van der Waals surface area (Å²) in [6.45, 7) is 1.80. The van der Waals surface area contributed by atoms with E-state index >= 15 is 0 Å². The number of benzene rings is 2. The van der Waals surface area contributed by atoms with Gasteiger partial charge in [-0.1, -0.05) is 24.0 Å². The summed E-state index contributed by atoms with van der Waals surface area (Å²) in [6, 6.07) is 13.2. The topological polar surface area (TPSA) is 40.5 Å². The van der Waals surface area contributed by atoms with Gasteiger partial charge in [-0.15, -0.1) is 0 Å². The molecule has 29 heavy (non-hydrogen) atoms. The fraction of sp³-hybridized carbons (Fsp3) is 0.400. The molecule has 1 saturated heterocycles. The van der Waals surface area contributed by atoms with E-state index in [1.165, 1.54) is 23.3 Å². The second-order valence-corrected chi connectivity index (χ2v) is 8.64. The lowest BCUT2D eigenvalue weighted by Crippen LogP contribution is -2.45. The Morgan fingerprint density at radius 1 is 1.00 bits per heavy atom. The van der Waals surface area contributed by atoms with Gasteiger partial charge in [0.2, 0.25) is 0 Å². The Bertz CT molecular complexity index is 1010. The number of aryl methyl sites for hydroxylation is 1. The molecular formula is C25H24FNO2. The molecule has 4 atom stereocenters. The zero-order valence-electron chi connectivity index (χ0n) is 16.3. The van der Waals surface area contributed by atoms with Crippen molar-refractivity contribution in [2.24, 2.45) is 17.8 Å². The van der Waals surface area contributed by atoms with E-state index in [-0.39, 0.29) is 11.7 Å². The molecule has 148 valence electrons. The van der Waals surface area contributed by atoms with E-state index in [4.69, 9.17) is 0 Å². The Kier molecular flexibility index (Phi) is 4.64. The third-order valence-electron chi connectivity index (χ3n) is 6.95. The molecule has 1 saturated carbocycles.